The number of carbonyl (C=O) groups excluding carboxylic acids is 2. The number of pyridine rings is 1. The van der Waals surface area contributed by atoms with Gasteiger partial charge < -0.3 is 19.9 Å². The molecular weight excluding hydrogens is 464 g/mol. The van der Waals surface area contributed by atoms with E-state index in [0.29, 0.717) is 37.6 Å². The van der Waals surface area contributed by atoms with Gasteiger partial charge in [0.2, 0.25) is 0 Å². The molecule has 0 bridgehead atoms. The van der Waals surface area contributed by atoms with Crippen molar-refractivity contribution in [2.24, 2.45) is 5.41 Å². The molecule has 0 atom stereocenters. The quantitative estimate of drug-likeness (QED) is 0.405. The zero-order valence-electron chi connectivity index (χ0n) is 20.9. The summed E-state index contributed by atoms with van der Waals surface area (Å²) in [5.41, 5.74) is 2.05. The summed E-state index contributed by atoms with van der Waals surface area (Å²) >= 11 is 0. The smallest absolute Gasteiger partial charge is 0.321 e. The average molecular weight is 495 g/mol. The predicted octanol–water partition coefficient (Wildman–Crippen LogP) is 5.56. The standard InChI is InChI=1S/C30H30N4O3/c1-37-27-19-26(31-25-11-5-4-10-23(25)27)28(35)34-18-15-30(20-34)13-16-33(17-14-30)29(36)32-24-12-6-8-21-7-2-3-9-22(21)24/h2-12,19H,13-18,20H2,1H3,(H,32,36). The summed E-state index contributed by atoms with van der Waals surface area (Å²) in [6, 6.07) is 23.4. The number of fused-ring (bicyclic) bond motifs is 2. The number of piperidine rings is 1. The molecule has 3 amide bonds. The van der Waals surface area contributed by atoms with Gasteiger partial charge in [-0.25, -0.2) is 9.78 Å². The third kappa shape index (κ3) is 4.35. The Bertz CT molecular complexity index is 1490. The Morgan fingerprint density at radius 3 is 2.32 bits per heavy atom. The monoisotopic (exact) mass is 494 g/mol. The van der Waals surface area contributed by atoms with E-state index < -0.39 is 0 Å². The fraction of sp³-hybridized carbons (Fsp3) is 0.300. The maximum absolute atomic E-state index is 13.4. The van der Waals surface area contributed by atoms with Gasteiger partial charge in [0, 0.05) is 43.0 Å². The minimum Gasteiger partial charge on any atom is -0.496 e. The van der Waals surface area contributed by atoms with E-state index in [0.717, 1.165) is 46.6 Å². The fourth-order valence-electron chi connectivity index (χ4n) is 5.81. The summed E-state index contributed by atoms with van der Waals surface area (Å²) in [7, 11) is 1.62. The molecule has 3 heterocycles. The number of hydrogen-bond acceptors (Lipinski definition) is 4. The molecule has 37 heavy (non-hydrogen) atoms. The van der Waals surface area contributed by atoms with Gasteiger partial charge in [-0.2, -0.15) is 0 Å². The van der Waals surface area contributed by atoms with Crippen LogP contribution in [-0.4, -0.2) is 60.0 Å². The van der Waals surface area contributed by atoms with Gasteiger partial charge in [0.15, 0.2) is 0 Å². The molecule has 2 fully saturated rings. The largest absolute Gasteiger partial charge is 0.496 e. The highest BCUT2D eigenvalue weighted by Crippen LogP contribution is 2.41. The number of aromatic nitrogens is 1. The van der Waals surface area contributed by atoms with Crippen LogP contribution >= 0.6 is 0 Å². The molecule has 2 aliphatic rings. The minimum absolute atomic E-state index is 0.0484. The highest BCUT2D eigenvalue weighted by molar-refractivity contribution is 6.01. The van der Waals surface area contributed by atoms with Crippen molar-refractivity contribution in [2.45, 2.75) is 19.3 Å². The minimum atomic E-state index is -0.0652. The van der Waals surface area contributed by atoms with Gasteiger partial charge >= 0.3 is 6.03 Å². The van der Waals surface area contributed by atoms with Crippen LogP contribution < -0.4 is 10.1 Å². The number of urea groups is 1. The van der Waals surface area contributed by atoms with Crippen molar-refractivity contribution in [2.75, 3.05) is 38.6 Å². The molecule has 1 N–H and O–H groups in total. The first-order valence-corrected chi connectivity index (χ1v) is 12.8. The average Bonchev–Trinajstić information content (AvgIpc) is 3.35. The number of hydrogen-bond donors (Lipinski definition) is 1. The number of anilines is 1. The van der Waals surface area contributed by atoms with Crippen LogP contribution in [0, 0.1) is 5.41 Å². The molecule has 4 aromatic rings. The lowest BCUT2D eigenvalue weighted by Crippen LogP contribution is -2.46. The molecule has 0 radical (unpaired) electrons. The number of nitrogens with zero attached hydrogens (tertiary/aromatic N) is 3. The summed E-state index contributed by atoms with van der Waals surface area (Å²) in [4.78, 5) is 34.9. The lowest BCUT2D eigenvalue weighted by atomic mass is 9.78. The highest BCUT2D eigenvalue weighted by Gasteiger charge is 2.43. The van der Waals surface area contributed by atoms with Crippen LogP contribution in [0.1, 0.15) is 29.8 Å². The van der Waals surface area contributed by atoms with Crippen molar-refractivity contribution in [3.63, 3.8) is 0 Å². The normalized spacial score (nSPS) is 16.9. The van der Waals surface area contributed by atoms with E-state index in [4.69, 9.17) is 4.74 Å². The Morgan fingerprint density at radius 1 is 0.865 bits per heavy atom. The molecule has 0 saturated carbocycles. The second kappa shape index (κ2) is 9.39. The molecule has 7 nitrogen and oxygen atoms in total. The van der Waals surface area contributed by atoms with Crippen LogP contribution in [0.15, 0.2) is 72.8 Å². The number of likely N-dealkylation sites (tertiary alicyclic amines) is 2. The van der Waals surface area contributed by atoms with Crippen molar-refractivity contribution in [3.8, 4) is 5.75 Å². The van der Waals surface area contributed by atoms with Gasteiger partial charge in [-0.05, 0) is 48.3 Å². The number of rotatable bonds is 3. The van der Waals surface area contributed by atoms with Crippen LogP contribution in [0.25, 0.3) is 21.7 Å². The number of amides is 3. The predicted molar refractivity (Wildman–Crippen MR) is 145 cm³/mol. The first-order valence-electron chi connectivity index (χ1n) is 12.8. The van der Waals surface area contributed by atoms with Gasteiger partial charge in [0.1, 0.15) is 11.4 Å². The molecular formula is C30H30N4O3. The maximum atomic E-state index is 13.4. The van der Waals surface area contributed by atoms with Gasteiger partial charge in [0.05, 0.1) is 18.3 Å². The Morgan fingerprint density at radius 2 is 1.54 bits per heavy atom. The summed E-state index contributed by atoms with van der Waals surface area (Å²) < 4.78 is 5.54. The molecule has 2 aliphatic heterocycles. The summed E-state index contributed by atoms with van der Waals surface area (Å²) in [6.45, 7) is 2.76. The van der Waals surface area contributed by atoms with Gasteiger partial charge in [0.25, 0.3) is 5.91 Å². The fourth-order valence-corrected chi connectivity index (χ4v) is 5.81. The van der Waals surface area contributed by atoms with Crippen molar-refractivity contribution >= 4 is 39.3 Å². The second-order valence-corrected chi connectivity index (χ2v) is 10.1. The van der Waals surface area contributed by atoms with Crippen LogP contribution in [0.5, 0.6) is 5.75 Å². The van der Waals surface area contributed by atoms with Crippen molar-refractivity contribution in [1.29, 1.82) is 0 Å². The van der Waals surface area contributed by atoms with Crippen molar-refractivity contribution < 1.29 is 14.3 Å². The van der Waals surface area contributed by atoms with Crippen molar-refractivity contribution in [3.05, 3.63) is 78.5 Å². The molecule has 0 unspecified atom stereocenters. The maximum Gasteiger partial charge on any atom is 0.321 e. The Kier molecular flexibility index (Phi) is 5.91. The number of nitrogens with one attached hydrogen (secondary N) is 1. The van der Waals surface area contributed by atoms with E-state index in [1.54, 1.807) is 13.2 Å². The summed E-state index contributed by atoms with van der Waals surface area (Å²) in [5.74, 6) is 0.602. The zero-order chi connectivity index (χ0) is 25.4. The zero-order valence-corrected chi connectivity index (χ0v) is 20.9. The van der Waals surface area contributed by atoms with E-state index in [-0.39, 0.29) is 17.4 Å². The molecule has 188 valence electrons. The molecule has 0 aliphatic carbocycles. The van der Waals surface area contributed by atoms with Gasteiger partial charge in [-0.3, -0.25) is 4.79 Å². The number of carbonyl (C=O) groups is 2. The van der Waals surface area contributed by atoms with Gasteiger partial charge in [-0.1, -0.05) is 48.5 Å². The number of para-hydroxylation sites is 1. The van der Waals surface area contributed by atoms with E-state index >= 15 is 0 Å². The van der Waals surface area contributed by atoms with Gasteiger partial charge in [-0.15, -0.1) is 0 Å². The first-order chi connectivity index (χ1) is 18.0. The molecule has 7 heteroatoms. The Balaban J connectivity index is 1.11. The molecule has 2 saturated heterocycles. The number of benzene rings is 3. The Hall–Kier alpha value is -4.13. The van der Waals surface area contributed by atoms with Crippen LogP contribution in [0.2, 0.25) is 0 Å². The molecule has 1 aromatic heterocycles. The Labute approximate surface area is 216 Å². The van der Waals surface area contributed by atoms with Crippen LogP contribution in [-0.2, 0) is 0 Å². The van der Waals surface area contributed by atoms with E-state index in [1.165, 1.54) is 0 Å². The van der Waals surface area contributed by atoms with Crippen molar-refractivity contribution in [1.82, 2.24) is 14.8 Å². The van der Waals surface area contributed by atoms with Crippen LogP contribution in [0.4, 0.5) is 10.5 Å². The van der Waals surface area contributed by atoms with Crippen LogP contribution in [0.3, 0.4) is 0 Å². The lowest BCUT2D eigenvalue weighted by Gasteiger charge is -2.39. The third-order valence-corrected chi connectivity index (χ3v) is 7.99. The van der Waals surface area contributed by atoms with E-state index in [2.05, 4.69) is 10.3 Å². The topological polar surface area (TPSA) is 74.8 Å². The number of ether oxygens (including phenoxy) is 1. The summed E-state index contributed by atoms with van der Waals surface area (Å²) in [5, 5.41) is 6.15. The highest BCUT2D eigenvalue weighted by atomic mass is 16.5. The summed E-state index contributed by atoms with van der Waals surface area (Å²) in [6.07, 6.45) is 2.71. The number of methoxy groups -OCH3 is 1. The molecule has 6 rings (SSSR count). The second-order valence-electron chi connectivity index (χ2n) is 10.1. The SMILES string of the molecule is COc1cc(C(=O)N2CCC3(CCN(C(=O)Nc4cccc5ccccc45)CC3)C2)nc2ccccc12. The lowest BCUT2D eigenvalue weighted by molar-refractivity contribution is 0.0734. The van der Waals surface area contributed by atoms with E-state index in [9.17, 15) is 9.59 Å². The third-order valence-electron chi connectivity index (χ3n) is 7.99. The van der Waals surface area contributed by atoms with E-state index in [1.807, 2.05) is 76.5 Å². The molecule has 1 spiro atoms. The first kappa shape index (κ1) is 23.3. The molecule has 3 aromatic carbocycles.